The number of rotatable bonds is 10. The van der Waals surface area contributed by atoms with Crippen molar-refractivity contribution in [1.82, 2.24) is 0 Å². The van der Waals surface area contributed by atoms with Crippen molar-refractivity contribution in [2.45, 2.75) is 59.3 Å². The standard InChI is InChI=1S/C51H48O7/c1-28-18-39(24-33-6-12-47(56)41(26-33)49(35-8-14-43(52)29(2)20-35)36-9-15-44(53)30(3)21-36)51(58)40(19-28)25-34-7-13-48(57)42(27-34)50(37-10-16-45(54)31(4)22-37)38-11-17-46(55)32(5)23-38/h6-23,26-27,49-50,52-58H,24-25H2,1-5H3. The molecule has 0 aliphatic carbocycles. The van der Waals surface area contributed by atoms with Crippen LogP contribution in [0.1, 0.15) is 95.3 Å². The van der Waals surface area contributed by atoms with Gasteiger partial charge in [0.15, 0.2) is 0 Å². The fraction of sp³-hybridized carbons (Fsp3) is 0.176. The Labute approximate surface area is 339 Å². The zero-order valence-corrected chi connectivity index (χ0v) is 33.2. The quantitative estimate of drug-likeness (QED) is 0.0686. The van der Waals surface area contributed by atoms with E-state index in [1.165, 1.54) is 0 Å². The first kappa shape index (κ1) is 39.4. The number of benzene rings is 7. The zero-order valence-electron chi connectivity index (χ0n) is 33.2. The third-order valence-corrected chi connectivity index (χ3v) is 11.2. The first-order chi connectivity index (χ1) is 27.7. The van der Waals surface area contributed by atoms with E-state index in [4.69, 9.17) is 0 Å². The van der Waals surface area contributed by atoms with E-state index >= 15 is 0 Å². The predicted molar refractivity (Wildman–Crippen MR) is 228 cm³/mol. The van der Waals surface area contributed by atoms with E-state index in [2.05, 4.69) is 0 Å². The summed E-state index contributed by atoms with van der Waals surface area (Å²) in [5.74, 6) is 0.249. The molecule has 0 unspecified atom stereocenters. The largest absolute Gasteiger partial charge is 0.508 e. The molecule has 0 fully saturated rings. The molecule has 294 valence electrons. The second-order valence-corrected chi connectivity index (χ2v) is 15.6. The number of hydrogen-bond donors (Lipinski definition) is 7. The van der Waals surface area contributed by atoms with E-state index < -0.39 is 11.8 Å². The Morgan fingerprint density at radius 1 is 0.345 bits per heavy atom. The van der Waals surface area contributed by atoms with E-state index in [1.54, 1.807) is 36.4 Å². The predicted octanol–water partition coefficient (Wildman–Crippen LogP) is 10.7. The molecule has 0 atom stereocenters. The molecule has 58 heavy (non-hydrogen) atoms. The summed E-state index contributed by atoms with van der Waals surface area (Å²) in [5.41, 5.74) is 11.7. The van der Waals surface area contributed by atoms with Gasteiger partial charge in [0.2, 0.25) is 0 Å². The zero-order chi connectivity index (χ0) is 41.4. The molecule has 7 N–H and O–H groups in total. The maximum absolute atomic E-state index is 11.8. The molecule has 0 aliphatic rings. The molecule has 0 radical (unpaired) electrons. The molecule has 7 aromatic rings. The summed E-state index contributed by atoms with van der Waals surface area (Å²) >= 11 is 0. The fourth-order valence-corrected chi connectivity index (χ4v) is 8.07. The van der Waals surface area contributed by atoms with Crippen LogP contribution in [0.15, 0.2) is 121 Å². The van der Waals surface area contributed by atoms with Gasteiger partial charge in [0.05, 0.1) is 0 Å². The van der Waals surface area contributed by atoms with Crippen molar-refractivity contribution in [2.24, 2.45) is 0 Å². The van der Waals surface area contributed by atoms with Crippen LogP contribution in [0.2, 0.25) is 0 Å². The van der Waals surface area contributed by atoms with E-state index in [0.717, 1.165) is 50.1 Å². The smallest absolute Gasteiger partial charge is 0.122 e. The van der Waals surface area contributed by atoms with Gasteiger partial charge in [0.25, 0.3) is 0 Å². The van der Waals surface area contributed by atoms with Crippen LogP contribution in [0.3, 0.4) is 0 Å². The first-order valence-electron chi connectivity index (χ1n) is 19.3. The molecule has 0 aromatic heterocycles. The van der Waals surface area contributed by atoms with Crippen LogP contribution in [0.5, 0.6) is 40.2 Å². The van der Waals surface area contributed by atoms with Crippen molar-refractivity contribution in [3.8, 4) is 40.2 Å². The summed E-state index contributed by atoms with van der Waals surface area (Å²) in [6.07, 6.45) is 0.764. The number of hydrogen-bond acceptors (Lipinski definition) is 7. The van der Waals surface area contributed by atoms with Crippen molar-refractivity contribution in [2.75, 3.05) is 0 Å². The van der Waals surface area contributed by atoms with Crippen LogP contribution in [-0.2, 0) is 12.8 Å². The van der Waals surface area contributed by atoms with Crippen LogP contribution in [-0.4, -0.2) is 35.7 Å². The highest BCUT2D eigenvalue weighted by atomic mass is 16.3. The lowest BCUT2D eigenvalue weighted by Gasteiger charge is -2.23. The maximum Gasteiger partial charge on any atom is 0.122 e. The average Bonchev–Trinajstić information content (AvgIpc) is 3.18. The van der Waals surface area contributed by atoms with Crippen molar-refractivity contribution in [3.05, 3.63) is 205 Å². The monoisotopic (exact) mass is 772 g/mol. The molecule has 0 spiro atoms. The van der Waals surface area contributed by atoms with Gasteiger partial charge in [-0.2, -0.15) is 0 Å². The molecule has 7 rings (SSSR count). The van der Waals surface area contributed by atoms with E-state index in [0.29, 0.717) is 46.2 Å². The van der Waals surface area contributed by atoms with Crippen LogP contribution in [0.25, 0.3) is 0 Å². The molecular formula is C51H48O7. The van der Waals surface area contributed by atoms with Gasteiger partial charge in [0, 0.05) is 35.8 Å². The third-order valence-electron chi connectivity index (χ3n) is 11.2. The second-order valence-electron chi connectivity index (χ2n) is 15.6. The Balaban J connectivity index is 1.25. The molecule has 7 heteroatoms. The van der Waals surface area contributed by atoms with Crippen LogP contribution >= 0.6 is 0 Å². The Morgan fingerprint density at radius 2 is 0.638 bits per heavy atom. The summed E-state index contributed by atoms with van der Waals surface area (Å²) in [5, 5.41) is 75.8. The second kappa shape index (κ2) is 15.9. The minimum atomic E-state index is -0.413. The molecule has 7 aromatic carbocycles. The number of phenolic OH excluding ortho intramolecular Hbond substituents is 7. The molecule has 0 saturated carbocycles. The van der Waals surface area contributed by atoms with Crippen molar-refractivity contribution in [3.63, 3.8) is 0 Å². The topological polar surface area (TPSA) is 142 Å². The minimum Gasteiger partial charge on any atom is -0.508 e. The summed E-state index contributed by atoms with van der Waals surface area (Å²) in [7, 11) is 0. The van der Waals surface area contributed by atoms with Crippen molar-refractivity contribution < 1.29 is 35.7 Å². The molecule has 7 nitrogen and oxygen atoms in total. The molecule has 0 aliphatic heterocycles. The third kappa shape index (κ3) is 8.02. The van der Waals surface area contributed by atoms with Crippen LogP contribution < -0.4 is 0 Å². The van der Waals surface area contributed by atoms with Gasteiger partial charge >= 0.3 is 0 Å². The van der Waals surface area contributed by atoms with Crippen molar-refractivity contribution >= 4 is 0 Å². The van der Waals surface area contributed by atoms with E-state index in [9.17, 15) is 35.7 Å². The molecular weight excluding hydrogens is 725 g/mol. The summed E-state index contributed by atoms with van der Waals surface area (Å²) < 4.78 is 0. The van der Waals surface area contributed by atoms with Crippen LogP contribution in [0.4, 0.5) is 0 Å². The van der Waals surface area contributed by atoms with Gasteiger partial charge in [-0.3, -0.25) is 0 Å². The van der Waals surface area contributed by atoms with Gasteiger partial charge < -0.3 is 35.7 Å². The minimum absolute atomic E-state index is 0.103. The highest BCUT2D eigenvalue weighted by molar-refractivity contribution is 5.57. The SMILES string of the molecule is Cc1cc(Cc2ccc(O)c(C(c3ccc(O)c(C)c3)c3ccc(O)c(C)c3)c2)c(O)c(Cc2ccc(O)c(C(c3ccc(O)c(C)c3)c3ccc(O)c(C)c3)c2)c1. The highest BCUT2D eigenvalue weighted by Gasteiger charge is 2.25. The Bertz CT molecular complexity index is 2390. The lowest BCUT2D eigenvalue weighted by molar-refractivity contribution is 0.462. The Morgan fingerprint density at radius 3 is 0.931 bits per heavy atom. The summed E-state index contributed by atoms with van der Waals surface area (Å²) in [4.78, 5) is 0. The maximum atomic E-state index is 11.8. The van der Waals surface area contributed by atoms with E-state index in [-0.39, 0.29) is 40.2 Å². The molecule has 0 amide bonds. The highest BCUT2D eigenvalue weighted by Crippen LogP contribution is 2.42. The normalized spacial score (nSPS) is 11.4. The first-order valence-corrected chi connectivity index (χ1v) is 19.3. The van der Waals surface area contributed by atoms with Gasteiger partial charge in [-0.25, -0.2) is 0 Å². The Kier molecular flexibility index (Phi) is 10.8. The average molecular weight is 773 g/mol. The lowest BCUT2D eigenvalue weighted by Crippen LogP contribution is -2.06. The van der Waals surface area contributed by atoms with Crippen molar-refractivity contribution in [1.29, 1.82) is 0 Å². The number of aryl methyl sites for hydroxylation is 5. The summed E-state index contributed by atoms with van der Waals surface area (Å²) in [6, 6.07) is 36.5. The van der Waals surface area contributed by atoms with E-state index in [1.807, 2.05) is 120 Å². The number of aromatic hydroxyl groups is 7. The van der Waals surface area contributed by atoms with Gasteiger partial charge in [-0.15, -0.1) is 0 Å². The molecule has 0 bridgehead atoms. The summed E-state index contributed by atoms with van der Waals surface area (Å²) in [6.45, 7) is 9.31. The Hall–Kier alpha value is -6.86. The van der Waals surface area contributed by atoms with Gasteiger partial charge in [-0.1, -0.05) is 90.5 Å². The van der Waals surface area contributed by atoms with Gasteiger partial charge in [0.1, 0.15) is 40.2 Å². The van der Waals surface area contributed by atoms with Crippen LogP contribution in [0, 0.1) is 34.6 Å². The van der Waals surface area contributed by atoms with Gasteiger partial charge in [-0.05, 0) is 138 Å². The number of phenols is 7. The lowest BCUT2D eigenvalue weighted by atomic mass is 9.82. The molecule has 0 saturated heterocycles. The molecule has 0 heterocycles. The fourth-order valence-electron chi connectivity index (χ4n) is 8.07.